The number of halogens is 1. The van der Waals surface area contributed by atoms with E-state index in [9.17, 15) is 14.0 Å². The Morgan fingerprint density at radius 2 is 2.04 bits per heavy atom. The predicted molar refractivity (Wildman–Crippen MR) is 89.4 cm³/mol. The number of hydrogen-bond acceptors (Lipinski definition) is 5. The van der Waals surface area contributed by atoms with Gasteiger partial charge in [0.15, 0.2) is 0 Å². The van der Waals surface area contributed by atoms with Crippen LogP contribution in [0.5, 0.6) is 0 Å². The first-order chi connectivity index (χ1) is 12.1. The van der Waals surface area contributed by atoms with E-state index in [0.717, 1.165) is 4.90 Å². The van der Waals surface area contributed by atoms with Crippen molar-refractivity contribution >= 4 is 35.3 Å². The van der Waals surface area contributed by atoms with Crippen LogP contribution in [-0.4, -0.2) is 16.8 Å². The molecule has 6 nitrogen and oxygen atoms in total. The number of nitrogens with one attached hydrogen (secondary N) is 2. The van der Waals surface area contributed by atoms with Crippen LogP contribution in [0.3, 0.4) is 0 Å². The Hall–Kier alpha value is -3.13. The maximum Gasteiger partial charge on any atom is 0.301 e. The van der Waals surface area contributed by atoms with Gasteiger partial charge in [-0.3, -0.25) is 14.9 Å². The molecule has 2 aromatic carbocycles. The first-order valence-corrected chi connectivity index (χ1v) is 8.05. The molecule has 8 heteroatoms. The first-order valence-electron chi connectivity index (χ1n) is 7.24. The molecule has 25 heavy (non-hydrogen) atoms. The van der Waals surface area contributed by atoms with E-state index in [1.807, 2.05) is 0 Å². The van der Waals surface area contributed by atoms with Gasteiger partial charge in [0.1, 0.15) is 12.1 Å². The van der Waals surface area contributed by atoms with Gasteiger partial charge < -0.3 is 9.73 Å². The first kappa shape index (κ1) is 15.4. The van der Waals surface area contributed by atoms with E-state index in [1.165, 1.54) is 36.4 Å². The van der Waals surface area contributed by atoms with Crippen LogP contribution in [0.2, 0.25) is 0 Å². The summed E-state index contributed by atoms with van der Waals surface area (Å²) >= 11 is 1.33. The highest BCUT2D eigenvalue weighted by Crippen LogP contribution is 2.39. The number of oxazole rings is 1. The quantitative estimate of drug-likeness (QED) is 0.731. The molecule has 0 saturated heterocycles. The van der Waals surface area contributed by atoms with Crippen LogP contribution in [0.4, 0.5) is 16.1 Å². The lowest BCUT2D eigenvalue weighted by atomic mass is 10.1. The van der Waals surface area contributed by atoms with E-state index >= 15 is 0 Å². The average molecular weight is 355 g/mol. The minimum absolute atomic E-state index is 0.0845. The second kappa shape index (κ2) is 6.06. The van der Waals surface area contributed by atoms with Gasteiger partial charge in [-0.2, -0.15) is 0 Å². The molecule has 124 valence electrons. The van der Waals surface area contributed by atoms with E-state index < -0.39 is 17.6 Å². The van der Waals surface area contributed by atoms with Crippen LogP contribution in [0.1, 0.15) is 20.7 Å². The summed E-state index contributed by atoms with van der Waals surface area (Å²) in [6.07, 6.45) is 2.76. The van der Waals surface area contributed by atoms with Crippen molar-refractivity contribution in [1.82, 2.24) is 4.98 Å². The van der Waals surface area contributed by atoms with E-state index in [4.69, 9.17) is 4.42 Å². The Bertz CT molecular complexity index is 989. The Morgan fingerprint density at radius 3 is 2.84 bits per heavy atom. The van der Waals surface area contributed by atoms with Gasteiger partial charge in [-0.25, -0.2) is 9.37 Å². The monoisotopic (exact) mass is 355 g/mol. The highest BCUT2D eigenvalue weighted by atomic mass is 32.2. The molecule has 0 aliphatic carbocycles. The maximum atomic E-state index is 13.4. The Kier molecular flexibility index (Phi) is 3.73. The fourth-order valence-corrected chi connectivity index (χ4v) is 3.38. The van der Waals surface area contributed by atoms with Gasteiger partial charge in [0, 0.05) is 15.4 Å². The molecule has 2 heterocycles. The standard InChI is InChI=1S/C17H10FN3O3S/c18-10-2-4-13-11(8-10)16(23)20-12-7-9(1-3-14(12)25-13)15(22)21-17-19-5-6-24-17/h1-8H,(H,20,23)(H,19,21,22). The molecular formula is C17H10FN3O3S. The third-order valence-corrected chi connectivity index (χ3v) is 4.70. The molecule has 0 unspecified atom stereocenters. The van der Waals surface area contributed by atoms with Crippen molar-refractivity contribution in [3.8, 4) is 0 Å². The lowest BCUT2D eigenvalue weighted by molar-refractivity contribution is 0.101. The molecule has 0 spiro atoms. The molecule has 0 radical (unpaired) electrons. The summed E-state index contributed by atoms with van der Waals surface area (Å²) in [6, 6.07) is 9.06. The second-order valence-electron chi connectivity index (χ2n) is 5.20. The van der Waals surface area contributed by atoms with Gasteiger partial charge in [0.25, 0.3) is 11.8 Å². The summed E-state index contributed by atoms with van der Waals surface area (Å²) in [5, 5.41) is 5.23. The van der Waals surface area contributed by atoms with Crippen molar-refractivity contribution < 1.29 is 18.4 Å². The van der Waals surface area contributed by atoms with Gasteiger partial charge in [-0.15, -0.1) is 0 Å². The summed E-state index contributed by atoms with van der Waals surface area (Å²) in [5.74, 6) is -1.32. The van der Waals surface area contributed by atoms with Gasteiger partial charge in [0.05, 0.1) is 17.4 Å². The average Bonchev–Trinajstić information content (AvgIpc) is 3.05. The van der Waals surface area contributed by atoms with Crippen molar-refractivity contribution in [3.05, 3.63) is 65.8 Å². The van der Waals surface area contributed by atoms with E-state index in [1.54, 1.807) is 24.3 Å². The van der Waals surface area contributed by atoms with Crippen LogP contribution in [0, 0.1) is 5.82 Å². The van der Waals surface area contributed by atoms with Gasteiger partial charge >= 0.3 is 6.01 Å². The zero-order valence-corrected chi connectivity index (χ0v) is 13.4. The number of amides is 2. The Balaban J connectivity index is 1.66. The molecule has 2 N–H and O–H groups in total. The summed E-state index contributed by atoms with van der Waals surface area (Å²) < 4.78 is 18.4. The predicted octanol–water partition coefficient (Wildman–Crippen LogP) is 3.78. The van der Waals surface area contributed by atoms with Gasteiger partial charge in [-0.1, -0.05) is 11.8 Å². The largest absolute Gasteiger partial charge is 0.432 e. The lowest BCUT2D eigenvalue weighted by Crippen LogP contribution is -2.14. The smallest absolute Gasteiger partial charge is 0.301 e. The number of rotatable bonds is 2. The molecule has 0 fully saturated rings. The lowest BCUT2D eigenvalue weighted by Gasteiger charge is -2.08. The van der Waals surface area contributed by atoms with Gasteiger partial charge in [0.2, 0.25) is 0 Å². The SMILES string of the molecule is O=C(Nc1ncco1)c1ccc2c(c1)NC(=O)c1cc(F)ccc1S2. The molecule has 3 aromatic rings. The van der Waals surface area contributed by atoms with Crippen molar-refractivity contribution in [2.45, 2.75) is 9.79 Å². The fourth-order valence-electron chi connectivity index (χ4n) is 2.39. The summed E-state index contributed by atoms with van der Waals surface area (Å²) in [6.45, 7) is 0. The van der Waals surface area contributed by atoms with Gasteiger partial charge in [-0.05, 0) is 36.4 Å². The van der Waals surface area contributed by atoms with Crippen molar-refractivity contribution in [2.75, 3.05) is 10.6 Å². The number of benzene rings is 2. The van der Waals surface area contributed by atoms with Crippen molar-refractivity contribution in [3.63, 3.8) is 0 Å². The topological polar surface area (TPSA) is 84.2 Å². The number of nitrogens with zero attached hydrogens (tertiary/aromatic N) is 1. The third-order valence-electron chi connectivity index (χ3n) is 3.55. The van der Waals surface area contributed by atoms with Crippen LogP contribution >= 0.6 is 11.8 Å². The highest BCUT2D eigenvalue weighted by Gasteiger charge is 2.22. The molecule has 2 amide bonds. The number of carbonyl (C=O) groups is 2. The van der Waals surface area contributed by atoms with E-state index in [2.05, 4.69) is 15.6 Å². The third kappa shape index (κ3) is 2.99. The zero-order chi connectivity index (χ0) is 17.4. The van der Waals surface area contributed by atoms with Crippen LogP contribution in [0.15, 0.2) is 63.1 Å². The minimum Gasteiger partial charge on any atom is -0.432 e. The van der Waals surface area contributed by atoms with Crippen molar-refractivity contribution in [1.29, 1.82) is 0 Å². The molecule has 4 rings (SSSR count). The summed E-state index contributed by atoms with van der Waals surface area (Å²) in [7, 11) is 0. The number of hydrogen-bond donors (Lipinski definition) is 2. The fraction of sp³-hybridized carbons (Fsp3) is 0. The number of anilines is 2. The van der Waals surface area contributed by atoms with E-state index in [0.29, 0.717) is 16.1 Å². The normalized spacial score (nSPS) is 12.6. The molecule has 0 atom stereocenters. The van der Waals surface area contributed by atoms with Crippen LogP contribution < -0.4 is 10.6 Å². The molecule has 1 aliphatic heterocycles. The Morgan fingerprint density at radius 1 is 1.20 bits per heavy atom. The molecule has 0 saturated carbocycles. The maximum absolute atomic E-state index is 13.4. The zero-order valence-electron chi connectivity index (χ0n) is 12.6. The number of aromatic nitrogens is 1. The molecule has 1 aromatic heterocycles. The Labute approximate surface area is 145 Å². The summed E-state index contributed by atoms with van der Waals surface area (Å²) in [5.41, 5.74) is 1.06. The van der Waals surface area contributed by atoms with Crippen LogP contribution in [-0.2, 0) is 0 Å². The van der Waals surface area contributed by atoms with E-state index in [-0.39, 0.29) is 11.6 Å². The summed E-state index contributed by atoms with van der Waals surface area (Å²) in [4.78, 5) is 29.8. The highest BCUT2D eigenvalue weighted by molar-refractivity contribution is 7.99. The van der Waals surface area contributed by atoms with Crippen molar-refractivity contribution in [2.24, 2.45) is 0 Å². The molecule has 0 bridgehead atoms. The second-order valence-corrected chi connectivity index (χ2v) is 6.28. The van der Waals surface area contributed by atoms with Crippen LogP contribution in [0.25, 0.3) is 0 Å². The molecule has 1 aliphatic rings. The number of carbonyl (C=O) groups excluding carboxylic acids is 2. The molecular weight excluding hydrogens is 345 g/mol. The number of fused-ring (bicyclic) bond motifs is 2. The minimum atomic E-state index is -0.480.